The Morgan fingerprint density at radius 2 is 1.95 bits per heavy atom. The van der Waals surface area contributed by atoms with E-state index >= 15 is 0 Å². The maximum absolute atomic E-state index is 14.6. The van der Waals surface area contributed by atoms with E-state index in [-0.39, 0.29) is 48.0 Å². The number of carbonyl (C=O) groups is 3. The number of ether oxygens (including phenoxy) is 1. The number of pyridine rings is 1. The zero-order valence-corrected chi connectivity index (χ0v) is 22.7. The van der Waals surface area contributed by atoms with Gasteiger partial charge in [0.05, 0.1) is 29.2 Å². The first-order valence-electron chi connectivity index (χ1n) is 12.7. The van der Waals surface area contributed by atoms with Crippen molar-refractivity contribution in [1.29, 1.82) is 0 Å². The Kier molecular flexibility index (Phi) is 7.49. The molecule has 0 radical (unpaired) electrons. The number of alkyl halides is 3. The van der Waals surface area contributed by atoms with Gasteiger partial charge in [-0.15, -0.1) is 0 Å². The number of benzene rings is 1. The fourth-order valence-electron chi connectivity index (χ4n) is 4.63. The second-order valence-corrected chi connectivity index (χ2v) is 9.91. The number of aromatic nitrogens is 4. The average molecular weight is 591 g/mol. The third kappa shape index (κ3) is 5.70. The lowest BCUT2D eigenvalue weighted by molar-refractivity contribution is -0.205. The van der Waals surface area contributed by atoms with Crippen molar-refractivity contribution >= 4 is 45.7 Å². The number of piperazine rings is 1. The van der Waals surface area contributed by atoms with Gasteiger partial charge in [0.15, 0.2) is 17.7 Å². The van der Waals surface area contributed by atoms with Gasteiger partial charge in [-0.25, -0.2) is 14.2 Å². The molecule has 1 atom stereocenters. The molecule has 5 rings (SSSR count). The number of rotatable bonds is 6. The molecule has 42 heavy (non-hydrogen) atoms. The number of likely N-dealkylation sites (N-methyl/N-ethyl adjacent to an activating group) is 1. The van der Waals surface area contributed by atoms with Crippen LogP contribution in [-0.4, -0.2) is 88.0 Å². The second kappa shape index (κ2) is 10.9. The number of hydrogen-bond donors (Lipinski definition) is 2. The molecule has 12 nitrogen and oxygen atoms in total. The van der Waals surface area contributed by atoms with Crippen molar-refractivity contribution in [3.05, 3.63) is 53.9 Å². The van der Waals surface area contributed by atoms with Crippen LogP contribution in [0.1, 0.15) is 16.1 Å². The standard InChI is InChI=1S/C26H26F4N8O4/c1-14-10-36-11-15(8-18(27)23(36)32-14)33-24(40)16-4-5-19(17-12-37(34-22(16)17)13-20(39)35(2)3)38-7-6-31-9-21(38)42-25(41)26(28,29)30/h4-5,8,10-12,21,31H,6-7,9,13H2,1-3H3,(H,33,40). The highest BCUT2D eigenvalue weighted by molar-refractivity contribution is 6.14. The molecule has 4 aromatic rings. The van der Waals surface area contributed by atoms with Gasteiger partial charge in [-0.3, -0.25) is 14.3 Å². The van der Waals surface area contributed by atoms with Crippen LogP contribution in [0.4, 0.5) is 28.9 Å². The first-order chi connectivity index (χ1) is 19.8. The molecule has 1 aromatic carbocycles. The molecule has 2 amide bonds. The van der Waals surface area contributed by atoms with Crippen molar-refractivity contribution in [2.45, 2.75) is 25.9 Å². The van der Waals surface area contributed by atoms with Crippen LogP contribution in [0, 0.1) is 12.7 Å². The fourth-order valence-corrected chi connectivity index (χ4v) is 4.63. The largest absolute Gasteiger partial charge is 0.491 e. The van der Waals surface area contributed by atoms with E-state index in [1.54, 1.807) is 27.2 Å². The predicted octanol–water partition coefficient (Wildman–Crippen LogP) is 2.31. The topological polar surface area (TPSA) is 126 Å². The first-order valence-corrected chi connectivity index (χ1v) is 12.7. The molecule has 1 saturated heterocycles. The molecule has 0 spiro atoms. The van der Waals surface area contributed by atoms with Crippen LogP contribution in [0.25, 0.3) is 16.6 Å². The van der Waals surface area contributed by atoms with Crippen molar-refractivity contribution < 1.29 is 36.7 Å². The van der Waals surface area contributed by atoms with E-state index in [1.165, 1.54) is 43.4 Å². The Morgan fingerprint density at radius 1 is 1.19 bits per heavy atom. The van der Waals surface area contributed by atoms with Crippen molar-refractivity contribution in [2.75, 3.05) is 43.9 Å². The number of fused-ring (bicyclic) bond motifs is 2. The van der Waals surface area contributed by atoms with Crippen LogP contribution in [0.15, 0.2) is 36.8 Å². The molecule has 222 valence electrons. The number of nitrogens with zero attached hydrogens (tertiary/aromatic N) is 6. The van der Waals surface area contributed by atoms with Gasteiger partial charge >= 0.3 is 12.1 Å². The zero-order chi connectivity index (χ0) is 30.3. The Labute approximate surface area is 235 Å². The van der Waals surface area contributed by atoms with Gasteiger partial charge in [0.2, 0.25) is 5.91 Å². The Hall–Kier alpha value is -4.73. The summed E-state index contributed by atoms with van der Waals surface area (Å²) in [4.78, 5) is 44.4. The van der Waals surface area contributed by atoms with Crippen molar-refractivity contribution in [2.24, 2.45) is 0 Å². The van der Waals surface area contributed by atoms with Crippen LogP contribution in [0.3, 0.4) is 0 Å². The third-order valence-electron chi connectivity index (χ3n) is 6.61. The number of amides is 2. The molecule has 2 N–H and O–H groups in total. The van der Waals surface area contributed by atoms with E-state index in [9.17, 15) is 31.9 Å². The summed E-state index contributed by atoms with van der Waals surface area (Å²) >= 11 is 0. The Balaban J connectivity index is 1.54. The quantitative estimate of drug-likeness (QED) is 0.259. The molecule has 4 heterocycles. The molecular weight excluding hydrogens is 564 g/mol. The highest BCUT2D eigenvalue weighted by Crippen LogP contribution is 2.32. The van der Waals surface area contributed by atoms with E-state index in [0.717, 1.165) is 6.07 Å². The summed E-state index contributed by atoms with van der Waals surface area (Å²) in [5, 5.41) is 10.3. The SMILES string of the molecule is Cc1cn2cc(NC(=O)c3ccc(N4CCNCC4OC(=O)C(F)(F)F)c4cn(CC(=O)N(C)C)nc34)cc(F)c2n1. The van der Waals surface area contributed by atoms with Gasteiger partial charge < -0.3 is 29.6 Å². The molecule has 1 aliphatic heterocycles. The number of aryl methyl sites for hydroxylation is 1. The van der Waals surface area contributed by atoms with Gasteiger partial charge in [0, 0.05) is 57.2 Å². The lowest BCUT2D eigenvalue weighted by Gasteiger charge is -2.37. The maximum Gasteiger partial charge on any atom is 0.491 e. The lowest BCUT2D eigenvalue weighted by atomic mass is 10.1. The molecular formula is C26H26F4N8O4. The number of nitrogens with one attached hydrogen (secondary N) is 2. The van der Waals surface area contributed by atoms with Crippen LogP contribution >= 0.6 is 0 Å². The van der Waals surface area contributed by atoms with E-state index in [0.29, 0.717) is 23.3 Å². The van der Waals surface area contributed by atoms with E-state index < -0.39 is 30.1 Å². The highest BCUT2D eigenvalue weighted by atomic mass is 19.4. The first kappa shape index (κ1) is 28.8. The van der Waals surface area contributed by atoms with Crippen molar-refractivity contribution in [3.63, 3.8) is 0 Å². The van der Waals surface area contributed by atoms with Crippen molar-refractivity contribution in [1.82, 2.24) is 29.4 Å². The average Bonchev–Trinajstić information content (AvgIpc) is 3.50. The van der Waals surface area contributed by atoms with Crippen LogP contribution in [-0.2, 0) is 20.9 Å². The summed E-state index contributed by atoms with van der Waals surface area (Å²) in [6, 6.07) is 4.04. The Bertz CT molecular complexity index is 1700. The number of anilines is 2. The summed E-state index contributed by atoms with van der Waals surface area (Å²) in [6.07, 6.45) is -1.91. The van der Waals surface area contributed by atoms with Gasteiger partial charge in [0.25, 0.3) is 5.91 Å². The number of carbonyl (C=O) groups excluding carboxylic acids is 3. The summed E-state index contributed by atoms with van der Waals surface area (Å²) in [6.45, 7) is 1.98. The Morgan fingerprint density at radius 3 is 2.67 bits per heavy atom. The van der Waals surface area contributed by atoms with Gasteiger partial charge in [-0.1, -0.05) is 0 Å². The minimum atomic E-state index is -5.18. The maximum atomic E-state index is 14.6. The van der Waals surface area contributed by atoms with Crippen LogP contribution in [0.5, 0.6) is 0 Å². The number of imidazole rings is 1. The molecule has 0 bridgehead atoms. The van der Waals surface area contributed by atoms with E-state index in [1.807, 2.05) is 0 Å². The highest BCUT2D eigenvalue weighted by Gasteiger charge is 2.43. The van der Waals surface area contributed by atoms with Crippen molar-refractivity contribution in [3.8, 4) is 0 Å². The number of halogens is 4. The number of esters is 1. The molecule has 0 saturated carbocycles. The fraction of sp³-hybridized carbons (Fsp3) is 0.346. The van der Waals surface area contributed by atoms with Crippen LogP contribution < -0.4 is 15.5 Å². The molecule has 1 unspecified atom stereocenters. The van der Waals surface area contributed by atoms with Gasteiger partial charge in [-0.2, -0.15) is 18.3 Å². The van der Waals surface area contributed by atoms with Crippen LogP contribution in [0.2, 0.25) is 0 Å². The molecule has 0 aliphatic carbocycles. The third-order valence-corrected chi connectivity index (χ3v) is 6.61. The minimum absolute atomic E-state index is 0.0612. The summed E-state index contributed by atoms with van der Waals surface area (Å²) in [5.74, 6) is -3.93. The van der Waals surface area contributed by atoms with Gasteiger partial charge in [0.1, 0.15) is 12.1 Å². The molecule has 1 aliphatic rings. The predicted molar refractivity (Wildman–Crippen MR) is 142 cm³/mol. The molecule has 3 aromatic heterocycles. The van der Waals surface area contributed by atoms with E-state index in [2.05, 4.69) is 20.7 Å². The second-order valence-electron chi connectivity index (χ2n) is 9.91. The summed E-state index contributed by atoms with van der Waals surface area (Å²) in [5.41, 5.74) is 1.36. The monoisotopic (exact) mass is 590 g/mol. The summed E-state index contributed by atoms with van der Waals surface area (Å²) in [7, 11) is 3.13. The lowest BCUT2D eigenvalue weighted by Crippen LogP contribution is -2.54. The van der Waals surface area contributed by atoms with E-state index in [4.69, 9.17) is 4.74 Å². The molecule has 1 fully saturated rings. The smallest absolute Gasteiger partial charge is 0.433 e. The normalized spacial score (nSPS) is 15.7. The number of hydrogen-bond acceptors (Lipinski definition) is 8. The zero-order valence-electron chi connectivity index (χ0n) is 22.7. The minimum Gasteiger partial charge on any atom is -0.433 e. The van der Waals surface area contributed by atoms with Gasteiger partial charge in [-0.05, 0) is 19.1 Å². The molecule has 16 heteroatoms. The summed E-state index contributed by atoms with van der Waals surface area (Å²) < 4.78 is 61.1.